The summed E-state index contributed by atoms with van der Waals surface area (Å²) in [6.07, 6.45) is 1.78. The molecule has 0 atom stereocenters. The number of imidazole rings is 1. The van der Waals surface area contributed by atoms with Crippen molar-refractivity contribution >= 4 is 38.6 Å². The second-order valence-corrected chi connectivity index (χ2v) is 5.60. The molecule has 0 saturated heterocycles. The van der Waals surface area contributed by atoms with Crippen LogP contribution in [0.4, 0.5) is 0 Å². The lowest BCUT2D eigenvalue weighted by Crippen LogP contribution is -2.07. The molecule has 2 aromatic rings. The summed E-state index contributed by atoms with van der Waals surface area (Å²) < 4.78 is 8.70. The minimum Gasteiger partial charge on any atom is -0.382 e. The maximum Gasteiger partial charge on any atom is 0.111 e. The van der Waals surface area contributed by atoms with E-state index in [0.717, 1.165) is 48.4 Å². The second kappa shape index (κ2) is 7.27. The molecular formula is C14H18BrClN2O. The Morgan fingerprint density at radius 3 is 3.00 bits per heavy atom. The van der Waals surface area contributed by atoms with Crippen LogP contribution in [0.5, 0.6) is 0 Å². The average Bonchev–Trinajstić information content (AvgIpc) is 2.72. The summed E-state index contributed by atoms with van der Waals surface area (Å²) in [6, 6.07) is 6.20. The third-order valence-electron chi connectivity index (χ3n) is 2.98. The Kier molecular flexibility index (Phi) is 5.67. The highest BCUT2D eigenvalue weighted by Gasteiger charge is 2.10. The van der Waals surface area contributed by atoms with Gasteiger partial charge in [0.25, 0.3) is 0 Å². The summed E-state index contributed by atoms with van der Waals surface area (Å²) in [5, 5.41) is 0. The van der Waals surface area contributed by atoms with Crippen LogP contribution in [0.3, 0.4) is 0 Å². The summed E-state index contributed by atoms with van der Waals surface area (Å²) in [5.74, 6) is 1.65. The topological polar surface area (TPSA) is 27.1 Å². The number of alkyl halides is 1. The van der Waals surface area contributed by atoms with Gasteiger partial charge in [-0.2, -0.15) is 0 Å². The van der Waals surface area contributed by atoms with E-state index in [1.807, 2.05) is 19.1 Å². The summed E-state index contributed by atoms with van der Waals surface area (Å²) in [6.45, 7) is 4.49. The molecule has 19 heavy (non-hydrogen) atoms. The molecule has 1 heterocycles. The van der Waals surface area contributed by atoms with Gasteiger partial charge in [0.15, 0.2) is 0 Å². The first-order valence-corrected chi connectivity index (χ1v) is 7.87. The average molecular weight is 346 g/mol. The molecule has 0 amide bonds. The van der Waals surface area contributed by atoms with E-state index in [4.69, 9.17) is 16.3 Å². The van der Waals surface area contributed by atoms with Crippen LogP contribution in [0.15, 0.2) is 22.7 Å². The number of nitrogens with zero attached hydrogens (tertiary/aromatic N) is 2. The lowest BCUT2D eigenvalue weighted by Gasteiger charge is -2.08. The molecule has 1 aromatic heterocycles. The lowest BCUT2D eigenvalue weighted by molar-refractivity contribution is 0.141. The maximum atomic E-state index is 5.86. The Balaban J connectivity index is 2.24. The number of aromatic nitrogens is 2. The van der Waals surface area contributed by atoms with Gasteiger partial charge in [-0.25, -0.2) is 4.98 Å². The molecule has 0 saturated carbocycles. The van der Waals surface area contributed by atoms with Crippen molar-refractivity contribution in [2.75, 3.05) is 19.1 Å². The van der Waals surface area contributed by atoms with Crippen LogP contribution >= 0.6 is 27.5 Å². The number of halogens is 2. The molecule has 0 bridgehead atoms. The van der Waals surface area contributed by atoms with Gasteiger partial charge >= 0.3 is 0 Å². The van der Waals surface area contributed by atoms with Gasteiger partial charge in [0, 0.05) is 36.5 Å². The Labute approximate surface area is 127 Å². The largest absolute Gasteiger partial charge is 0.382 e. The second-order valence-electron chi connectivity index (χ2n) is 4.30. The standard InChI is InChI=1S/C14H18BrClN2O/c1-2-19-9-3-8-18-13-5-4-11(15)10-12(13)17-14(18)6-7-16/h4-5,10H,2-3,6-9H2,1H3. The van der Waals surface area contributed by atoms with E-state index < -0.39 is 0 Å². The predicted molar refractivity (Wildman–Crippen MR) is 83.0 cm³/mol. The molecule has 2 rings (SSSR count). The van der Waals surface area contributed by atoms with E-state index in [1.54, 1.807) is 0 Å². The zero-order valence-electron chi connectivity index (χ0n) is 11.0. The molecule has 0 radical (unpaired) electrons. The first kappa shape index (κ1) is 14.8. The number of fused-ring (bicyclic) bond motifs is 1. The fourth-order valence-corrected chi connectivity index (χ4v) is 2.66. The first-order valence-electron chi connectivity index (χ1n) is 6.54. The summed E-state index contributed by atoms with van der Waals surface area (Å²) >= 11 is 9.35. The predicted octanol–water partition coefficient (Wildman–Crippen LogP) is 4.01. The van der Waals surface area contributed by atoms with E-state index in [2.05, 4.69) is 31.5 Å². The van der Waals surface area contributed by atoms with E-state index in [1.165, 1.54) is 5.52 Å². The van der Waals surface area contributed by atoms with Crippen LogP contribution < -0.4 is 0 Å². The minimum atomic E-state index is 0.593. The van der Waals surface area contributed by atoms with Crippen molar-refractivity contribution in [2.24, 2.45) is 0 Å². The molecular weight excluding hydrogens is 328 g/mol. The van der Waals surface area contributed by atoms with Gasteiger partial charge < -0.3 is 9.30 Å². The normalized spacial score (nSPS) is 11.3. The molecule has 0 aliphatic rings. The van der Waals surface area contributed by atoms with Gasteiger partial charge in [0.2, 0.25) is 0 Å². The molecule has 5 heteroatoms. The molecule has 0 unspecified atom stereocenters. The van der Waals surface area contributed by atoms with Crippen molar-refractivity contribution < 1.29 is 4.74 Å². The number of benzene rings is 1. The number of aryl methyl sites for hydroxylation is 2. The van der Waals surface area contributed by atoms with E-state index in [-0.39, 0.29) is 0 Å². The van der Waals surface area contributed by atoms with Crippen molar-refractivity contribution in [3.05, 3.63) is 28.5 Å². The van der Waals surface area contributed by atoms with E-state index in [0.29, 0.717) is 5.88 Å². The Morgan fingerprint density at radius 1 is 1.42 bits per heavy atom. The van der Waals surface area contributed by atoms with Crippen LogP contribution in [0.1, 0.15) is 19.2 Å². The van der Waals surface area contributed by atoms with Crippen molar-refractivity contribution in [1.82, 2.24) is 9.55 Å². The van der Waals surface area contributed by atoms with Crippen molar-refractivity contribution in [3.8, 4) is 0 Å². The fraction of sp³-hybridized carbons (Fsp3) is 0.500. The van der Waals surface area contributed by atoms with Gasteiger partial charge in [-0.15, -0.1) is 11.6 Å². The number of rotatable bonds is 7. The quantitative estimate of drug-likeness (QED) is 0.560. The van der Waals surface area contributed by atoms with Crippen LogP contribution in [0, 0.1) is 0 Å². The summed E-state index contributed by atoms with van der Waals surface area (Å²) in [7, 11) is 0. The van der Waals surface area contributed by atoms with Gasteiger partial charge in [-0.1, -0.05) is 15.9 Å². The van der Waals surface area contributed by atoms with Crippen molar-refractivity contribution in [2.45, 2.75) is 26.3 Å². The maximum absolute atomic E-state index is 5.86. The SMILES string of the molecule is CCOCCCn1c(CCCl)nc2cc(Br)ccc21. The van der Waals surface area contributed by atoms with Crippen molar-refractivity contribution in [1.29, 1.82) is 0 Å². The number of hydrogen-bond acceptors (Lipinski definition) is 2. The zero-order valence-corrected chi connectivity index (χ0v) is 13.4. The molecule has 0 aliphatic heterocycles. The third kappa shape index (κ3) is 3.71. The zero-order chi connectivity index (χ0) is 13.7. The van der Waals surface area contributed by atoms with Crippen LogP contribution in [0.25, 0.3) is 11.0 Å². The Bertz CT molecular complexity index is 541. The smallest absolute Gasteiger partial charge is 0.111 e. The summed E-state index contributed by atoms with van der Waals surface area (Å²) in [4.78, 5) is 4.67. The summed E-state index contributed by atoms with van der Waals surface area (Å²) in [5.41, 5.74) is 2.19. The van der Waals surface area contributed by atoms with Gasteiger partial charge in [0.1, 0.15) is 5.82 Å². The lowest BCUT2D eigenvalue weighted by atomic mass is 10.3. The highest BCUT2D eigenvalue weighted by molar-refractivity contribution is 9.10. The number of hydrogen-bond donors (Lipinski definition) is 0. The van der Waals surface area contributed by atoms with Gasteiger partial charge in [-0.05, 0) is 31.5 Å². The minimum absolute atomic E-state index is 0.593. The Morgan fingerprint density at radius 2 is 2.26 bits per heavy atom. The first-order chi connectivity index (χ1) is 9.26. The van der Waals surface area contributed by atoms with E-state index in [9.17, 15) is 0 Å². The molecule has 3 nitrogen and oxygen atoms in total. The Hall–Kier alpha value is -0.580. The highest BCUT2D eigenvalue weighted by Crippen LogP contribution is 2.21. The van der Waals surface area contributed by atoms with Crippen LogP contribution in [-0.4, -0.2) is 28.6 Å². The molecule has 1 aromatic carbocycles. The molecule has 0 spiro atoms. The fourth-order valence-electron chi connectivity index (χ4n) is 2.15. The van der Waals surface area contributed by atoms with E-state index >= 15 is 0 Å². The molecule has 0 N–H and O–H groups in total. The number of ether oxygens (including phenoxy) is 1. The van der Waals surface area contributed by atoms with Crippen LogP contribution in [0.2, 0.25) is 0 Å². The van der Waals surface area contributed by atoms with Gasteiger partial charge in [-0.3, -0.25) is 0 Å². The van der Waals surface area contributed by atoms with Crippen LogP contribution in [-0.2, 0) is 17.7 Å². The van der Waals surface area contributed by atoms with Gasteiger partial charge in [0.05, 0.1) is 11.0 Å². The molecule has 0 aliphatic carbocycles. The van der Waals surface area contributed by atoms with Crippen molar-refractivity contribution in [3.63, 3.8) is 0 Å². The molecule has 104 valence electrons. The third-order valence-corrected chi connectivity index (χ3v) is 3.66. The monoisotopic (exact) mass is 344 g/mol. The highest BCUT2D eigenvalue weighted by atomic mass is 79.9. The molecule has 0 fully saturated rings.